The van der Waals surface area contributed by atoms with Gasteiger partial charge in [-0.3, -0.25) is 0 Å². The lowest BCUT2D eigenvalue weighted by molar-refractivity contribution is 0.362. The average Bonchev–Trinajstić information content (AvgIpc) is 2.81. The van der Waals surface area contributed by atoms with Crippen LogP contribution in [0.3, 0.4) is 0 Å². The lowest BCUT2D eigenvalue weighted by Crippen LogP contribution is -2.02. The molecule has 0 heteroatoms. The Hall–Kier alpha value is 0. The predicted octanol–water partition coefficient (Wildman–Crippen LogP) is 13.3. The zero-order chi connectivity index (χ0) is 27.2. The molecule has 0 aromatic rings. The van der Waals surface area contributed by atoms with Gasteiger partial charge in [-0.25, -0.2) is 0 Å². The molecule has 0 saturated heterocycles. The van der Waals surface area contributed by atoms with Crippen LogP contribution in [-0.4, -0.2) is 0 Å². The number of unbranched alkanes of at least 4 members (excludes halogenated alkanes) is 1. The molecule has 0 nitrogen and oxygen atoms in total. The molecule has 36 heavy (non-hydrogen) atoms. The Morgan fingerprint density at radius 2 is 0.500 bits per heavy atom. The van der Waals surface area contributed by atoms with Gasteiger partial charge in [-0.2, -0.15) is 0 Å². The summed E-state index contributed by atoms with van der Waals surface area (Å²) in [4.78, 5) is 0. The fourth-order valence-electron chi connectivity index (χ4n) is 6.05. The first-order chi connectivity index (χ1) is 17.1. The molecule has 0 fully saturated rings. The first-order valence-electron chi connectivity index (χ1n) is 17.1. The monoisotopic (exact) mass is 507 g/mol. The topological polar surface area (TPSA) is 0 Å². The zero-order valence-corrected chi connectivity index (χ0v) is 27.2. The van der Waals surface area contributed by atoms with Gasteiger partial charge in [0.05, 0.1) is 0 Å². The van der Waals surface area contributed by atoms with Crippen LogP contribution in [0.5, 0.6) is 0 Å². The summed E-state index contributed by atoms with van der Waals surface area (Å²) in [5.74, 6) is 6.48. The lowest BCUT2D eigenvalue weighted by Gasteiger charge is -2.17. The van der Waals surface area contributed by atoms with Crippen LogP contribution >= 0.6 is 0 Å². The number of hydrogen-bond donors (Lipinski definition) is 0. The average molecular weight is 507 g/mol. The van der Waals surface area contributed by atoms with E-state index in [1.807, 2.05) is 0 Å². The predicted molar refractivity (Wildman–Crippen MR) is 168 cm³/mol. The van der Waals surface area contributed by atoms with Gasteiger partial charge in [0.25, 0.3) is 0 Å². The third-order valence-electron chi connectivity index (χ3n) is 9.39. The second-order valence-corrected chi connectivity index (χ2v) is 14.4. The van der Waals surface area contributed by atoms with Crippen molar-refractivity contribution >= 4 is 0 Å². The summed E-state index contributed by atoms with van der Waals surface area (Å²) >= 11 is 0. The molecule has 0 spiro atoms. The normalized spacial score (nSPS) is 17.2. The molecule has 0 N–H and O–H groups in total. The van der Waals surface area contributed by atoms with Crippen LogP contribution in [0, 0.1) is 41.4 Å². The summed E-state index contributed by atoms with van der Waals surface area (Å²) in [7, 11) is 0. The van der Waals surface area contributed by atoms with E-state index in [0.29, 0.717) is 0 Å². The Morgan fingerprint density at radius 3 is 0.750 bits per heavy atom. The molecule has 0 radical (unpaired) electrons. The van der Waals surface area contributed by atoms with Gasteiger partial charge in [0, 0.05) is 0 Å². The lowest BCUT2D eigenvalue weighted by atomic mass is 9.89. The van der Waals surface area contributed by atoms with Crippen molar-refractivity contribution in [2.45, 2.75) is 191 Å². The highest BCUT2D eigenvalue weighted by molar-refractivity contribution is 4.63. The minimum atomic E-state index is 0.876. The van der Waals surface area contributed by atoms with Crippen molar-refractivity contribution in [3.8, 4) is 0 Å². The molecule has 0 aromatic heterocycles. The van der Waals surface area contributed by atoms with E-state index in [-0.39, 0.29) is 0 Å². The van der Waals surface area contributed by atoms with Crippen molar-refractivity contribution in [3.05, 3.63) is 0 Å². The maximum atomic E-state index is 2.51. The van der Waals surface area contributed by atoms with Crippen LogP contribution in [0.25, 0.3) is 0 Å². The first-order valence-corrected chi connectivity index (χ1v) is 17.1. The molecule has 0 bridgehead atoms. The molecule has 6 unspecified atom stereocenters. The molecule has 218 valence electrons. The minimum Gasteiger partial charge on any atom is -0.0651 e. The van der Waals surface area contributed by atoms with Crippen LogP contribution in [-0.2, 0) is 0 Å². The van der Waals surface area contributed by atoms with E-state index in [9.17, 15) is 0 Å². The maximum absolute atomic E-state index is 2.51. The smallest absolute Gasteiger partial charge is 0.0443 e. The van der Waals surface area contributed by atoms with E-state index in [4.69, 9.17) is 0 Å². The highest BCUT2D eigenvalue weighted by atomic mass is 14.2. The summed E-state index contributed by atoms with van der Waals surface area (Å²) in [6.45, 7) is 21.9. The van der Waals surface area contributed by atoms with Crippen molar-refractivity contribution < 1.29 is 0 Å². The Bertz CT molecular complexity index is 437. The van der Waals surface area contributed by atoms with Crippen LogP contribution in [0.1, 0.15) is 191 Å². The van der Waals surface area contributed by atoms with E-state index in [1.54, 1.807) is 0 Å². The van der Waals surface area contributed by atoms with E-state index < -0.39 is 0 Å². The van der Waals surface area contributed by atoms with E-state index >= 15 is 0 Å². The summed E-state index contributed by atoms with van der Waals surface area (Å²) in [6.07, 6.45) is 28.9. The van der Waals surface area contributed by atoms with Gasteiger partial charge in [0.15, 0.2) is 0 Å². The fourth-order valence-corrected chi connectivity index (χ4v) is 6.05. The van der Waals surface area contributed by atoms with Crippen molar-refractivity contribution in [3.63, 3.8) is 0 Å². The van der Waals surface area contributed by atoms with Crippen LogP contribution < -0.4 is 0 Å². The molecule has 0 rings (SSSR count). The molecule has 0 aliphatic heterocycles. The van der Waals surface area contributed by atoms with Gasteiger partial charge < -0.3 is 0 Å². The summed E-state index contributed by atoms with van der Waals surface area (Å²) in [6, 6.07) is 0. The molecule has 0 aliphatic rings. The Kier molecular flexibility index (Phi) is 24.1. The quantitative estimate of drug-likeness (QED) is 0.102. The Balaban J connectivity index is 3.60. The third-order valence-corrected chi connectivity index (χ3v) is 9.39. The minimum absolute atomic E-state index is 0.876. The van der Waals surface area contributed by atoms with Gasteiger partial charge in [0.2, 0.25) is 0 Å². The van der Waals surface area contributed by atoms with Crippen molar-refractivity contribution in [1.29, 1.82) is 0 Å². The highest BCUT2D eigenvalue weighted by Crippen LogP contribution is 2.25. The van der Waals surface area contributed by atoms with Crippen LogP contribution in [0.2, 0.25) is 0 Å². The SMILES string of the molecule is CCC(C)CCCC(C)CCCC(C)CCCCC(C)CCCC(C)CCCC(C)CCCC(C)C. The Labute approximate surface area is 232 Å². The third kappa shape index (κ3) is 24.3. The van der Waals surface area contributed by atoms with E-state index in [2.05, 4.69) is 62.3 Å². The number of hydrogen-bond acceptors (Lipinski definition) is 0. The standard InChI is InChI=1S/C36H74/c1-10-31(4)21-14-23-35(8)27-15-24-32(5)19-11-12-20-33(6)25-16-28-36(9)29-17-26-34(7)22-13-18-30(2)3/h30-36H,10-29H2,1-9H3. The molecule has 0 saturated carbocycles. The first kappa shape index (κ1) is 36.0. The second-order valence-electron chi connectivity index (χ2n) is 14.4. The summed E-state index contributed by atoms with van der Waals surface area (Å²) in [5.41, 5.74) is 0. The van der Waals surface area contributed by atoms with Crippen LogP contribution in [0.15, 0.2) is 0 Å². The van der Waals surface area contributed by atoms with E-state index in [1.165, 1.54) is 128 Å². The summed E-state index contributed by atoms with van der Waals surface area (Å²) < 4.78 is 0. The largest absolute Gasteiger partial charge is 0.0651 e. The van der Waals surface area contributed by atoms with Gasteiger partial charge in [-0.1, -0.05) is 191 Å². The molecule has 0 amide bonds. The summed E-state index contributed by atoms with van der Waals surface area (Å²) in [5, 5.41) is 0. The zero-order valence-electron chi connectivity index (χ0n) is 27.2. The molecule has 0 heterocycles. The molecule has 6 atom stereocenters. The maximum Gasteiger partial charge on any atom is -0.0443 e. The van der Waals surface area contributed by atoms with Crippen molar-refractivity contribution in [2.24, 2.45) is 41.4 Å². The van der Waals surface area contributed by atoms with Crippen LogP contribution in [0.4, 0.5) is 0 Å². The van der Waals surface area contributed by atoms with Gasteiger partial charge >= 0.3 is 0 Å². The number of rotatable bonds is 26. The Morgan fingerprint density at radius 1 is 0.278 bits per heavy atom. The van der Waals surface area contributed by atoms with Crippen molar-refractivity contribution in [1.82, 2.24) is 0 Å². The molecule has 0 aromatic carbocycles. The fraction of sp³-hybridized carbons (Fsp3) is 1.00. The van der Waals surface area contributed by atoms with Gasteiger partial charge in [-0.15, -0.1) is 0 Å². The molecule has 0 aliphatic carbocycles. The molecular weight excluding hydrogens is 432 g/mol. The highest BCUT2D eigenvalue weighted by Gasteiger charge is 2.10. The second kappa shape index (κ2) is 24.1. The van der Waals surface area contributed by atoms with Crippen molar-refractivity contribution in [2.75, 3.05) is 0 Å². The van der Waals surface area contributed by atoms with Gasteiger partial charge in [0.1, 0.15) is 0 Å². The molecular formula is C36H74. The van der Waals surface area contributed by atoms with Gasteiger partial charge in [-0.05, 0) is 41.4 Å². The van der Waals surface area contributed by atoms with E-state index in [0.717, 1.165) is 41.4 Å².